The van der Waals surface area contributed by atoms with Crippen molar-refractivity contribution in [2.75, 3.05) is 30.3 Å². The Morgan fingerprint density at radius 3 is 2.83 bits per heavy atom. The Morgan fingerprint density at radius 2 is 2.05 bits per heavy atom. The van der Waals surface area contributed by atoms with E-state index in [9.17, 15) is 9.90 Å². The lowest BCUT2D eigenvalue weighted by molar-refractivity contribution is -0.117. The van der Waals surface area contributed by atoms with Crippen LogP contribution in [0.5, 0.6) is 5.88 Å². The molecule has 0 spiro atoms. The normalized spacial score (nSPS) is 17.2. The van der Waals surface area contributed by atoms with Crippen LogP contribution >= 0.6 is 11.8 Å². The number of carbonyl (C=O) groups excluding carboxylic acids is 1. The number of aliphatic hydroxyl groups is 1. The van der Waals surface area contributed by atoms with Gasteiger partial charge in [-0.3, -0.25) is 14.8 Å². The Kier molecular flexibility index (Phi) is 7.31. The molecule has 0 radical (unpaired) electrons. The number of aromatic nitrogens is 6. The van der Waals surface area contributed by atoms with Gasteiger partial charge in [-0.25, -0.2) is 14.5 Å². The van der Waals surface area contributed by atoms with E-state index in [1.54, 1.807) is 22.8 Å². The zero-order valence-electron chi connectivity index (χ0n) is 21.6. The fourth-order valence-electron chi connectivity index (χ4n) is 4.42. The summed E-state index contributed by atoms with van der Waals surface area (Å²) in [6.45, 7) is 2.86. The number of fused-ring (bicyclic) bond motifs is 1. The molecule has 0 aliphatic carbocycles. The van der Waals surface area contributed by atoms with Crippen LogP contribution in [-0.2, 0) is 4.79 Å². The van der Waals surface area contributed by atoms with Gasteiger partial charge in [0.25, 0.3) is 0 Å². The van der Waals surface area contributed by atoms with E-state index >= 15 is 0 Å². The van der Waals surface area contributed by atoms with Crippen molar-refractivity contribution in [3.63, 3.8) is 0 Å². The average Bonchev–Trinajstić information content (AvgIpc) is 3.66. The molecule has 1 aliphatic rings. The highest BCUT2D eigenvalue weighted by Crippen LogP contribution is 2.29. The quantitative estimate of drug-likeness (QED) is 0.213. The first-order chi connectivity index (χ1) is 19.5. The monoisotopic (exact) mass is 557 g/mol. The maximum Gasteiger partial charge on any atom is 0.238 e. The maximum absolute atomic E-state index is 12.7. The second-order valence-electron chi connectivity index (χ2n) is 9.40. The number of H-pyrrole nitrogens is 1. The summed E-state index contributed by atoms with van der Waals surface area (Å²) >= 11 is 1.41. The van der Waals surface area contributed by atoms with Gasteiger partial charge in [-0.15, -0.1) is 5.10 Å². The standard InChI is InChI=1S/C27H27N9O3S/c1-17-13-23(33-32-17)30-26-20-5-4-12-36(20)34-27(31-26)40-19-9-7-18(8-10-19)29-24(38)16-35-14-21(37)22(15-35)39-25-6-2-3-11-28-25/h2-13,21-22,37H,14-16H2,1H3,(H,29,38)(H2,30,31,32,33,34)/t21-,22-/m0/s1. The van der Waals surface area contributed by atoms with Crippen molar-refractivity contribution < 1.29 is 14.6 Å². The molecule has 1 aromatic carbocycles. The number of anilines is 3. The van der Waals surface area contributed by atoms with Crippen LogP contribution in [0.3, 0.4) is 0 Å². The number of hydrogen-bond acceptors (Lipinski definition) is 10. The van der Waals surface area contributed by atoms with Gasteiger partial charge in [-0.1, -0.05) is 6.07 Å². The molecule has 4 aromatic heterocycles. The molecule has 1 saturated heterocycles. The molecule has 0 bridgehead atoms. The number of aryl methyl sites for hydroxylation is 1. The van der Waals surface area contributed by atoms with E-state index in [4.69, 9.17) is 9.72 Å². The highest BCUT2D eigenvalue weighted by molar-refractivity contribution is 7.99. The predicted octanol–water partition coefficient (Wildman–Crippen LogP) is 3.11. The van der Waals surface area contributed by atoms with Crippen LogP contribution in [0.2, 0.25) is 0 Å². The topological polar surface area (TPSA) is 146 Å². The minimum absolute atomic E-state index is 0.145. The number of pyridine rings is 1. The second-order valence-corrected chi connectivity index (χ2v) is 10.4. The van der Waals surface area contributed by atoms with Gasteiger partial charge in [0.1, 0.15) is 17.7 Å². The van der Waals surface area contributed by atoms with E-state index in [0.29, 0.717) is 41.4 Å². The molecule has 2 atom stereocenters. The molecular weight excluding hydrogens is 530 g/mol. The number of nitrogens with zero attached hydrogens (tertiary/aromatic N) is 6. The van der Waals surface area contributed by atoms with Crippen molar-refractivity contribution in [3.8, 4) is 5.88 Å². The molecule has 204 valence electrons. The number of benzene rings is 1. The third-order valence-electron chi connectivity index (χ3n) is 6.26. The number of rotatable bonds is 9. The first kappa shape index (κ1) is 25.8. The van der Waals surface area contributed by atoms with Crippen LogP contribution in [0.1, 0.15) is 5.69 Å². The van der Waals surface area contributed by atoms with E-state index in [2.05, 4.69) is 30.9 Å². The van der Waals surface area contributed by atoms with Crippen molar-refractivity contribution in [3.05, 3.63) is 78.8 Å². The minimum atomic E-state index is -0.696. The summed E-state index contributed by atoms with van der Waals surface area (Å²) in [6, 6.07) is 18.6. The third kappa shape index (κ3) is 6.06. The van der Waals surface area contributed by atoms with Crippen LogP contribution in [0.15, 0.2) is 83.1 Å². The first-order valence-corrected chi connectivity index (χ1v) is 13.5. The average molecular weight is 558 g/mol. The summed E-state index contributed by atoms with van der Waals surface area (Å²) in [6.07, 6.45) is 2.37. The van der Waals surface area contributed by atoms with Crippen molar-refractivity contribution in [2.45, 2.75) is 29.2 Å². The second kappa shape index (κ2) is 11.3. The number of ether oxygens (including phenoxy) is 1. The molecule has 0 unspecified atom stereocenters. The molecule has 12 nitrogen and oxygen atoms in total. The number of hydrogen-bond donors (Lipinski definition) is 4. The van der Waals surface area contributed by atoms with Gasteiger partial charge in [0.15, 0.2) is 11.6 Å². The lowest BCUT2D eigenvalue weighted by Gasteiger charge is -2.16. The molecule has 40 heavy (non-hydrogen) atoms. The number of nitrogens with one attached hydrogen (secondary N) is 3. The molecule has 5 heterocycles. The minimum Gasteiger partial charge on any atom is -0.470 e. The smallest absolute Gasteiger partial charge is 0.238 e. The van der Waals surface area contributed by atoms with Gasteiger partial charge >= 0.3 is 0 Å². The van der Waals surface area contributed by atoms with Crippen LogP contribution in [0.4, 0.5) is 17.3 Å². The van der Waals surface area contributed by atoms with E-state index in [0.717, 1.165) is 16.1 Å². The third-order valence-corrected chi connectivity index (χ3v) is 7.12. The van der Waals surface area contributed by atoms with Crippen molar-refractivity contribution in [1.29, 1.82) is 0 Å². The summed E-state index contributed by atoms with van der Waals surface area (Å²) in [4.78, 5) is 24.3. The molecule has 1 fully saturated rings. The maximum atomic E-state index is 12.7. The Hall–Kier alpha value is -4.46. The number of aromatic amines is 1. The summed E-state index contributed by atoms with van der Waals surface area (Å²) in [7, 11) is 0. The van der Waals surface area contributed by atoms with E-state index in [1.807, 2.05) is 66.6 Å². The number of carbonyl (C=O) groups is 1. The fourth-order valence-corrected chi connectivity index (χ4v) is 5.17. The van der Waals surface area contributed by atoms with Crippen LogP contribution in [0, 0.1) is 6.92 Å². The number of β-amino-alcohol motifs (C(OH)–C–C–N with tert-alkyl or cyclic N) is 1. The van der Waals surface area contributed by atoms with Crippen LogP contribution in [-0.4, -0.2) is 77.5 Å². The Bertz CT molecular complexity index is 1610. The SMILES string of the molecule is Cc1cc(Nc2nc(Sc3ccc(NC(=O)CN4C[C@H](Oc5ccccn5)[C@@H](O)C4)cc3)nn3cccc23)n[nH]1. The molecule has 13 heteroatoms. The van der Waals surface area contributed by atoms with Gasteiger partial charge in [0.2, 0.25) is 16.9 Å². The summed E-state index contributed by atoms with van der Waals surface area (Å²) in [5.41, 5.74) is 2.46. The highest BCUT2D eigenvalue weighted by Gasteiger charge is 2.34. The fraction of sp³-hybridized carbons (Fsp3) is 0.222. The molecule has 5 aromatic rings. The molecular formula is C27H27N9O3S. The van der Waals surface area contributed by atoms with Gasteiger partial charge < -0.3 is 20.5 Å². The number of likely N-dealkylation sites (tertiary alicyclic amines) is 1. The summed E-state index contributed by atoms with van der Waals surface area (Å²) < 4.78 is 7.55. The molecule has 4 N–H and O–H groups in total. The molecule has 1 amide bonds. The zero-order chi connectivity index (χ0) is 27.5. The highest BCUT2D eigenvalue weighted by atomic mass is 32.2. The first-order valence-electron chi connectivity index (χ1n) is 12.7. The van der Waals surface area contributed by atoms with Crippen molar-refractivity contribution >= 4 is 40.5 Å². The lowest BCUT2D eigenvalue weighted by Crippen LogP contribution is -2.33. The Morgan fingerprint density at radius 1 is 1.18 bits per heavy atom. The van der Waals surface area contributed by atoms with E-state index in [1.165, 1.54) is 11.8 Å². The van der Waals surface area contributed by atoms with Gasteiger partial charge in [0.05, 0.1) is 6.54 Å². The molecule has 6 rings (SSSR count). The molecule has 0 saturated carbocycles. The van der Waals surface area contributed by atoms with Crippen LogP contribution < -0.4 is 15.4 Å². The van der Waals surface area contributed by atoms with Crippen molar-refractivity contribution in [2.24, 2.45) is 0 Å². The molecule has 1 aliphatic heterocycles. The zero-order valence-corrected chi connectivity index (χ0v) is 22.4. The van der Waals surface area contributed by atoms with Gasteiger partial charge in [-0.05, 0) is 61.2 Å². The van der Waals surface area contributed by atoms with E-state index in [-0.39, 0.29) is 12.5 Å². The Labute approximate surface area is 233 Å². The van der Waals surface area contributed by atoms with Crippen LogP contribution in [0.25, 0.3) is 5.52 Å². The van der Waals surface area contributed by atoms with Gasteiger partial charge in [0, 0.05) is 53.9 Å². The lowest BCUT2D eigenvalue weighted by atomic mass is 10.3. The van der Waals surface area contributed by atoms with Gasteiger partial charge in [-0.2, -0.15) is 5.10 Å². The summed E-state index contributed by atoms with van der Waals surface area (Å²) in [5, 5.41) is 28.8. The Balaban J connectivity index is 1.05. The summed E-state index contributed by atoms with van der Waals surface area (Å²) in [5.74, 6) is 1.61. The predicted molar refractivity (Wildman–Crippen MR) is 150 cm³/mol. The number of aliphatic hydroxyl groups excluding tert-OH is 1. The van der Waals surface area contributed by atoms with Crippen molar-refractivity contribution in [1.82, 2.24) is 34.7 Å². The largest absolute Gasteiger partial charge is 0.470 e. The van der Waals surface area contributed by atoms with E-state index < -0.39 is 12.2 Å². The number of amides is 1.